The van der Waals surface area contributed by atoms with Gasteiger partial charge in [0.15, 0.2) is 5.11 Å². The number of nitrogens with zero attached hydrogens (tertiary/aromatic N) is 2. The number of rotatable bonds is 9. The van der Waals surface area contributed by atoms with Gasteiger partial charge in [-0.05, 0) is 92.5 Å². The molecule has 1 aromatic heterocycles. The molecule has 5 nitrogen and oxygen atoms in total. The number of aromatic nitrogens is 1. The van der Waals surface area contributed by atoms with Crippen molar-refractivity contribution in [3.63, 3.8) is 0 Å². The Hall–Kier alpha value is -2.77. The van der Waals surface area contributed by atoms with Crippen LogP contribution in [0, 0.1) is 5.82 Å². The number of H-pyrrole nitrogens is 1. The fourth-order valence-corrected chi connectivity index (χ4v) is 3.79. The molecule has 0 aliphatic carbocycles. The van der Waals surface area contributed by atoms with Crippen LogP contribution in [0.1, 0.15) is 30.0 Å². The first-order valence-corrected chi connectivity index (χ1v) is 11.3. The van der Waals surface area contributed by atoms with Crippen LogP contribution in [0.2, 0.25) is 0 Å². The Morgan fingerprint density at radius 1 is 1.06 bits per heavy atom. The van der Waals surface area contributed by atoms with E-state index in [1.165, 1.54) is 17.7 Å². The quantitative estimate of drug-likeness (QED) is 0.377. The molecule has 0 atom stereocenters. The topological polar surface area (TPSA) is 51.4 Å². The van der Waals surface area contributed by atoms with Crippen molar-refractivity contribution >= 4 is 28.2 Å². The molecule has 0 spiro atoms. The smallest absolute Gasteiger partial charge is 0.253 e. The van der Waals surface area contributed by atoms with Gasteiger partial charge < -0.3 is 20.1 Å². The Bertz CT molecular complexity index is 1110. The maximum absolute atomic E-state index is 13.4. The molecule has 32 heavy (non-hydrogen) atoms. The number of fused-ring (bicyclic) bond motifs is 1. The summed E-state index contributed by atoms with van der Waals surface area (Å²) in [5, 5.41) is 4.89. The number of pyridine rings is 1. The van der Waals surface area contributed by atoms with E-state index in [0.29, 0.717) is 23.8 Å². The maximum Gasteiger partial charge on any atom is 0.253 e. The zero-order valence-electron chi connectivity index (χ0n) is 19.0. The van der Waals surface area contributed by atoms with Gasteiger partial charge in [0.25, 0.3) is 5.56 Å². The van der Waals surface area contributed by atoms with Gasteiger partial charge in [-0.1, -0.05) is 25.1 Å². The Kier molecular flexibility index (Phi) is 8.36. The summed E-state index contributed by atoms with van der Waals surface area (Å²) in [5.74, 6) is -0.276. The lowest BCUT2D eigenvalue weighted by atomic mass is 10.1. The predicted molar refractivity (Wildman–Crippen MR) is 133 cm³/mol. The number of halogens is 1. The van der Waals surface area contributed by atoms with Gasteiger partial charge in [-0.2, -0.15) is 0 Å². The number of nitrogens with one attached hydrogen (secondary N) is 2. The summed E-state index contributed by atoms with van der Waals surface area (Å²) in [7, 11) is 4.07. The molecule has 0 amide bonds. The second kappa shape index (κ2) is 11.2. The van der Waals surface area contributed by atoms with Crippen LogP contribution < -0.4 is 10.9 Å². The normalized spacial score (nSPS) is 11.2. The van der Waals surface area contributed by atoms with Crippen molar-refractivity contribution in [3.8, 4) is 0 Å². The summed E-state index contributed by atoms with van der Waals surface area (Å²) >= 11 is 5.67. The molecule has 0 aliphatic rings. The molecule has 3 aromatic rings. The number of aryl methyl sites for hydroxylation is 1. The van der Waals surface area contributed by atoms with E-state index in [9.17, 15) is 9.18 Å². The van der Waals surface area contributed by atoms with E-state index in [0.717, 1.165) is 42.4 Å². The van der Waals surface area contributed by atoms with Gasteiger partial charge in [0.05, 0.1) is 6.54 Å². The summed E-state index contributed by atoms with van der Waals surface area (Å²) in [4.78, 5) is 19.8. The SMILES string of the molecule is CCc1ccc2[nH]c(=O)c(CN(Cc3ccc(F)cc3)C(=S)NCCCN(C)C)cc2c1. The number of benzene rings is 2. The van der Waals surface area contributed by atoms with Crippen LogP contribution in [-0.4, -0.2) is 47.1 Å². The van der Waals surface area contributed by atoms with Crippen LogP contribution in [0.4, 0.5) is 4.39 Å². The van der Waals surface area contributed by atoms with Crippen LogP contribution >= 0.6 is 12.2 Å². The van der Waals surface area contributed by atoms with Crippen molar-refractivity contribution in [3.05, 3.63) is 81.4 Å². The molecule has 0 saturated heterocycles. The molecule has 0 bridgehead atoms. The fraction of sp³-hybridized carbons (Fsp3) is 0.360. The minimum absolute atomic E-state index is 0.124. The minimum Gasteiger partial charge on any atom is -0.363 e. The largest absolute Gasteiger partial charge is 0.363 e. The van der Waals surface area contributed by atoms with E-state index in [4.69, 9.17) is 12.2 Å². The summed E-state index contributed by atoms with van der Waals surface area (Å²) in [5.41, 5.74) is 3.49. The molecule has 0 fully saturated rings. The Balaban J connectivity index is 1.83. The van der Waals surface area contributed by atoms with Crippen LogP contribution in [0.3, 0.4) is 0 Å². The Morgan fingerprint density at radius 2 is 1.78 bits per heavy atom. The van der Waals surface area contributed by atoms with Crippen molar-refractivity contribution in [2.45, 2.75) is 32.9 Å². The highest BCUT2D eigenvalue weighted by Gasteiger charge is 2.14. The molecule has 0 saturated carbocycles. The van der Waals surface area contributed by atoms with Crippen molar-refractivity contribution in [1.82, 2.24) is 20.1 Å². The van der Waals surface area contributed by atoms with Crippen LogP contribution in [-0.2, 0) is 19.5 Å². The molecular weight excluding hydrogens is 423 g/mol. The van der Waals surface area contributed by atoms with Crippen molar-refractivity contribution in [2.24, 2.45) is 0 Å². The van der Waals surface area contributed by atoms with E-state index in [-0.39, 0.29) is 11.4 Å². The highest BCUT2D eigenvalue weighted by atomic mass is 32.1. The Labute approximate surface area is 194 Å². The minimum atomic E-state index is -0.276. The molecule has 2 N–H and O–H groups in total. The maximum atomic E-state index is 13.4. The predicted octanol–water partition coefficient (Wildman–Crippen LogP) is 4.06. The molecule has 1 heterocycles. The third kappa shape index (κ3) is 6.61. The van der Waals surface area contributed by atoms with Crippen LogP contribution in [0.25, 0.3) is 10.9 Å². The molecule has 7 heteroatoms. The molecule has 0 unspecified atom stereocenters. The van der Waals surface area contributed by atoms with Crippen molar-refractivity contribution in [1.29, 1.82) is 0 Å². The highest BCUT2D eigenvalue weighted by Crippen LogP contribution is 2.16. The van der Waals surface area contributed by atoms with Crippen LogP contribution in [0.5, 0.6) is 0 Å². The zero-order chi connectivity index (χ0) is 23.1. The van der Waals surface area contributed by atoms with E-state index < -0.39 is 0 Å². The van der Waals surface area contributed by atoms with Crippen LogP contribution in [0.15, 0.2) is 53.3 Å². The number of thiocarbonyl (C=S) groups is 1. The van der Waals surface area contributed by atoms with E-state index in [1.807, 2.05) is 37.2 Å². The fourth-order valence-electron chi connectivity index (χ4n) is 3.56. The lowest BCUT2D eigenvalue weighted by Crippen LogP contribution is -2.40. The van der Waals surface area contributed by atoms with Gasteiger partial charge >= 0.3 is 0 Å². The number of aromatic amines is 1. The third-order valence-electron chi connectivity index (χ3n) is 5.39. The average molecular weight is 455 g/mol. The van der Waals surface area contributed by atoms with Gasteiger partial charge in [-0.3, -0.25) is 4.79 Å². The van der Waals surface area contributed by atoms with Gasteiger partial charge in [-0.15, -0.1) is 0 Å². The summed E-state index contributed by atoms with van der Waals surface area (Å²) in [6.45, 7) is 4.64. The first kappa shape index (κ1) is 23.9. The molecule has 0 aliphatic heterocycles. The van der Waals surface area contributed by atoms with Gasteiger partial charge in [0.1, 0.15) is 5.82 Å². The lowest BCUT2D eigenvalue weighted by molar-refractivity contribution is 0.383. The highest BCUT2D eigenvalue weighted by molar-refractivity contribution is 7.80. The summed E-state index contributed by atoms with van der Waals surface area (Å²) in [6, 6.07) is 14.4. The second-order valence-corrected chi connectivity index (χ2v) is 8.66. The van der Waals surface area contributed by atoms with E-state index >= 15 is 0 Å². The molecular formula is C25H31FN4OS. The van der Waals surface area contributed by atoms with Gasteiger partial charge in [-0.25, -0.2) is 4.39 Å². The second-order valence-electron chi connectivity index (χ2n) is 8.27. The van der Waals surface area contributed by atoms with Gasteiger partial charge in [0, 0.05) is 24.2 Å². The number of hydrogen-bond acceptors (Lipinski definition) is 3. The molecule has 170 valence electrons. The third-order valence-corrected chi connectivity index (χ3v) is 5.79. The summed E-state index contributed by atoms with van der Waals surface area (Å²) in [6.07, 6.45) is 1.88. The van der Waals surface area contributed by atoms with E-state index in [2.05, 4.69) is 28.2 Å². The molecule has 2 aromatic carbocycles. The standard InChI is InChI=1S/C25H31FN4OS/c1-4-18-8-11-23-20(14-18)15-21(24(31)28-23)17-30(16-19-6-9-22(26)10-7-19)25(32)27-12-5-13-29(2)3/h6-11,14-15H,4-5,12-13,16-17H2,1-3H3,(H,27,32)(H,28,31). The monoisotopic (exact) mass is 454 g/mol. The number of hydrogen-bond donors (Lipinski definition) is 2. The first-order chi connectivity index (χ1) is 15.4. The lowest BCUT2D eigenvalue weighted by Gasteiger charge is -2.26. The average Bonchev–Trinajstić information content (AvgIpc) is 2.77. The molecule has 3 rings (SSSR count). The van der Waals surface area contributed by atoms with Crippen molar-refractivity contribution in [2.75, 3.05) is 27.2 Å². The van der Waals surface area contributed by atoms with Crippen molar-refractivity contribution < 1.29 is 4.39 Å². The first-order valence-electron chi connectivity index (χ1n) is 10.9. The Morgan fingerprint density at radius 3 is 2.47 bits per heavy atom. The van der Waals surface area contributed by atoms with Gasteiger partial charge in [0.2, 0.25) is 0 Å². The summed E-state index contributed by atoms with van der Waals surface area (Å²) < 4.78 is 13.4. The zero-order valence-corrected chi connectivity index (χ0v) is 19.8. The molecule has 0 radical (unpaired) electrons. The van der Waals surface area contributed by atoms with E-state index in [1.54, 1.807) is 12.1 Å².